The van der Waals surface area contributed by atoms with Crippen LogP contribution >= 0.6 is 6.83 Å². The first-order chi connectivity index (χ1) is 21.0. The first-order valence-electron chi connectivity index (χ1n) is 20.2. The van der Waals surface area contributed by atoms with E-state index >= 15 is 0 Å². The molecule has 0 aromatic carbocycles. The van der Waals surface area contributed by atoms with Gasteiger partial charge in [0.15, 0.2) is 0 Å². The fraction of sp³-hybridized carbons (Fsp3) is 0.975. The molecule has 0 radical (unpaired) electrons. The van der Waals surface area contributed by atoms with Crippen molar-refractivity contribution in [3.8, 4) is 0 Å². The first kappa shape index (κ1) is 42.9. The Morgan fingerprint density at radius 1 is 0.419 bits per heavy atom. The van der Waals surface area contributed by atoms with E-state index in [2.05, 4.69) is 41.5 Å². The predicted molar refractivity (Wildman–Crippen MR) is 199 cm³/mol. The van der Waals surface area contributed by atoms with Crippen LogP contribution in [0.4, 0.5) is 0 Å². The van der Waals surface area contributed by atoms with Gasteiger partial charge >= 0.3 is 261 Å². The van der Waals surface area contributed by atoms with Crippen LogP contribution in [0.15, 0.2) is 0 Å². The van der Waals surface area contributed by atoms with Gasteiger partial charge in [-0.2, -0.15) is 0 Å². The molecule has 0 spiro atoms. The van der Waals surface area contributed by atoms with Crippen LogP contribution in [0.5, 0.6) is 0 Å². The average Bonchev–Trinajstić information content (AvgIpc) is 3.01. The second-order valence-corrected chi connectivity index (χ2v) is 20.2. The van der Waals surface area contributed by atoms with Gasteiger partial charge < -0.3 is 0 Å². The van der Waals surface area contributed by atoms with Crippen molar-refractivity contribution in [1.29, 1.82) is 0 Å². The van der Waals surface area contributed by atoms with E-state index in [0.29, 0.717) is 0 Å². The standard InChI is InChI=1S/C40H83O2P/c1-7-13-18-22-23-24-25-26-27-28-29-33-38-43(35-30-19-14-8-2,36-31-20-15-9-3,37-32-21-16-10-4)42-40(41)39(12-6)34-17-11-5/h39H,7-38H2,1-6H3. The van der Waals surface area contributed by atoms with Crippen LogP contribution in [-0.4, -0.2) is 30.6 Å². The van der Waals surface area contributed by atoms with E-state index < -0.39 is 6.83 Å². The molecule has 1 atom stereocenters. The van der Waals surface area contributed by atoms with Gasteiger partial charge in [0, 0.05) is 0 Å². The van der Waals surface area contributed by atoms with Crippen molar-refractivity contribution in [2.24, 2.45) is 5.92 Å². The topological polar surface area (TPSA) is 26.3 Å². The van der Waals surface area contributed by atoms with Crippen LogP contribution < -0.4 is 0 Å². The Morgan fingerprint density at radius 3 is 1.00 bits per heavy atom. The summed E-state index contributed by atoms with van der Waals surface area (Å²) in [5.74, 6) is 0.305. The van der Waals surface area contributed by atoms with E-state index in [9.17, 15) is 4.79 Å². The molecule has 0 N–H and O–H groups in total. The van der Waals surface area contributed by atoms with Crippen molar-refractivity contribution >= 4 is 12.8 Å². The van der Waals surface area contributed by atoms with E-state index in [1.54, 1.807) is 0 Å². The van der Waals surface area contributed by atoms with Crippen molar-refractivity contribution in [3.05, 3.63) is 0 Å². The quantitative estimate of drug-likeness (QED) is 0.0524. The maximum atomic E-state index is 14.1. The molecule has 2 nitrogen and oxygen atoms in total. The molecule has 0 bridgehead atoms. The van der Waals surface area contributed by atoms with Crippen LogP contribution in [-0.2, 0) is 9.32 Å². The fourth-order valence-corrected chi connectivity index (χ4v) is 13.7. The van der Waals surface area contributed by atoms with Crippen molar-refractivity contribution in [1.82, 2.24) is 0 Å². The molecule has 0 amide bonds. The zero-order valence-electron chi connectivity index (χ0n) is 31.0. The molecular weight excluding hydrogens is 543 g/mol. The second kappa shape index (κ2) is 29.3. The van der Waals surface area contributed by atoms with Crippen LogP contribution in [0, 0.1) is 5.92 Å². The molecule has 0 aromatic heterocycles. The van der Waals surface area contributed by atoms with Crippen LogP contribution in [0.3, 0.4) is 0 Å². The molecule has 3 heteroatoms. The van der Waals surface area contributed by atoms with Gasteiger partial charge in [0.25, 0.3) is 0 Å². The van der Waals surface area contributed by atoms with Crippen molar-refractivity contribution in [2.75, 3.05) is 24.6 Å². The van der Waals surface area contributed by atoms with Crippen LogP contribution in [0.2, 0.25) is 0 Å². The average molecular weight is 627 g/mol. The van der Waals surface area contributed by atoms with E-state index in [0.717, 1.165) is 25.7 Å². The van der Waals surface area contributed by atoms with Gasteiger partial charge in [-0.25, -0.2) is 0 Å². The molecule has 0 saturated carbocycles. The second-order valence-electron chi connectivity index (χ2n) is 14.5. The van der Waals surface area contributed by atoms with E-state index in [4.69, 9.17) is 4.52 Å². The Kier molecular flexibility index (Phi) is 29.2. The third-order valence-corrected chi connectivity index (χ3v) is 16.9. The summed E-state index contributed by atoms with van der Waals surface area (Å²) in [4.78, 5) is 14.1. The number of hydrogen-bond donors (Lipinski definition) is 0. The number of carbonyl (C=O) groups excluding carboxylic acids is 1. The summed E-state index contributed by atoms with van der Waals surface area (Å²) in [5, 5.41) is 0. The Balaban J connectivity index is 5.71. The van der Waals surface area contributed by atoms with E-state index in [1.165, 1.54) is 179 Å². The van der Waals surface area contributed by atoms with Gasteiger partial charge in [0.1, 0.15) is 0 Å². The molecule has 0 heterocycles. The summed E-state index contributed by atoms with van der Waals surface area (Å²) in [7, 11) is 0. The van der Waals surface area contributed by atoms with Crippen LogP contribution in [0.25, 0.3) is 0 Å². The zero-order chi connectivity index (χ0) is 31.9. The van der Waals surface area contributed by atoms with Crippen molar-refractivity contribution in [3.63, 3.8) is 0 Å². The summed E-state index contributed by atoms with van der Waals surface area (Å²) in [5.41, 5.74) is 0. The fourth-order valence-electron chi connectivity index (χ4n) is 7.29. The Hall–Kier alpha value is -0.100. The molecule has 0 aliphatic heterocycles. The third-order valence-electron chi connectivity index (χ3n) is 10.4. The van der Waals surface area contributed by atoms with Gasteiger partial charge in [0.2, 0.25) is 0 Å². The number of rotatable bonds is 34. The van der Waals surface area contributed by atoms with Gasteiger partial charge in [-0.1, -0.05) is 13.3 Å². The summed E-state index contributed by atoms with van der Waals surface area (Å²) < 4.78 is 7.31. The Morgan fingerprint density at radius 2 is 0.698 bits per heavy atom. The predicted octanol–water partition coefficient (Wildman–Crippen LogP) is 14.7. The zero-order valence-corrected chi connectivity index (χ0v) is 31.9. The third kappa shape index (κ3) is 21.3. The Bertz CT molecular complexity index is 569. The number of hydrogen-bond acceptors (Lipinski definition) is 2. The molecule has 0 aliphatic carbocycles. The molecule has 0 aromatic rings. The molecule has 0 aliphatic rings. The molecule has 43 heavy (non-hydrogen) atoms. The van der Waals surface area contributed by atoms with E-state index in [1.807, 2.05) is 0 Å². The van der Waals surface area contributed by atoms with Crippen molar-refractivity contribution < 1.29 is 9.32 Å². The van der Waals surface area contributed by atoms with Gasteiger partial charge in [-0.15, -0.1) is 0 Å². The summed E-state index contributed by atoms with van der Waals surface area (Å²) in [6.07, 6.45) is 41.3. The van der Waals surface area contributed by atoms with Crippen molar-refractivity contribution in [2.45, 2.75) is 221 Å². The number of unbranched alkanes of at least 4 members (excludes halogenated alkanes) is 21. The first-order valence-corrected chi connectivity index (χ1v) is 23.1. The minimum absolute atomic E-state index is 0.102. The SMILES string of the molecule is CCCCCCCCCCCCCCP(CCCCCC)(CCCCCC)(CCCCCC)OC(=O)C(CC)CCCC. The Labute approximate surface area is 273 Å². The molecule has 0 rings (SSSR count). The van der Waals surface area contributed by atoms with Gasteiger partial charge in [-0.3, -0.25) is 0 Å². The molecular formula is C40H83O2P. The normalized spacial score (nSPS) is 13.6. The van der Waals surface area contributed by atoms with E-state index in [-0.39, 0.29) is 11.9 Å². The molecule has 260 valence electrons. The molecule has 0 fully saturated rings. The summed E-state index contributed by atoms with van der Waals surface area (Å²) in [6, 6.07) is 0. The monoisotopic (exact) mass is 627 g/mol. The summed E-state index contributed by atoms with van der Waals surface area (Å²) in [6.45, 7) is 11.1. The minimum atomic E-state index is -2.63. The molecule has 0 saturated heterocycles. The van der Waals surface area contributed by atoms with Gasteiger partial charge in [-0.05, 0) is 0 Å². The summed E-state index contributed by atoms with van der Waals surface area (Å²) >= 11 is 0. The molecule has 1 unspecified atom stereocenters. The van der Waals surface area contributed by atoms with Gasteiger partial charge in [0.05, 0.1) is 0 Å². The number of carbonyl (C=O) groups is 1. The maximum absolute atomic E-state index is 14.1. The van der Waals surface area contributed by atoms with Crippen LogP contribution in [0.1, 0.15) is 221 Å².